The first-order valence-electron chi connectivity index (χ1n) is 4.82. The van der Waals surface area contributed by atoms with Crippen molar-refractivity contribution in [3.63, 3.8) is 0 Å². The molecule has 0 bridgehead atoms. The minimum absolute atomic E-state index is 0.0918. The number of nitro groups is 1. The number of hydrogen-bond acceptors (Lipinski definition) is 4. The predicted octanol–water partition coefficient (Wildman–Crippen LogP) is 2.76. The molecule has 0 heterocycles. The van der Waals surface area contributed by atoms with Gasteiger partial charge in [-0.25, -0.2) is 4.39 Å². The van der Waals surface area contributed by atoms with Gasteiger partial charge < -0.3 is 9.84 Å². The number of nitro benzene ring substituents is 1. The number of aliphatic hydroxyl groups excluding tert-OH is 1. The highest BCUT2D eigenvalue weighted by molar-refractivity contribution is 9.10. The van der Waals surface area contributed by atoms with Crippen molar-refractivity contribution in [2.75, 3.05) is 13.3 Å². The quantitative estimate of drug-likeness (QED) is 0.670. The summed E-state index contributed by atoms with van der Waals surface area (Å²) in [6.45, 7) is 0.405. The fourth-order valence-corrected chi connectivity index (χ4v) is 1.81. The van der Waals surface area contributed by atoms with Crippen molar-refractivity contribution in [3.8, 4) is 5.75 Å². The molecule has 1 atom stereocenters. The van der Waals surface area contributed by atoms with Gasteiger partial charge in [-0.05, 0) is 13.0 Å². The van der Waals surface area contributed by atoms with E-state index in [1.807, 2.05) is 0 Å². The lowest BCUT2D eigenvalue weighted by molar-refractivity contribution is -0.386. The Hall–Kier alpha value is -1.21. The average Bonchev–Trinajstić information content (AvgIpc) is 2.26. The van der Waals surface area contributed by atoms with Gasteiger partial charge in [0.15, 0.2) is 0 Å². The van der Waals surface area contributed by atoms with Gasteiger partial charge in [-0.15, -0.1) is 0 Å². The molecular formula is C10H11BrFNO4. The van der Waals surface area contributed by atoms with Gasteiger partial charge in [0.1, 0.15) is 13.3 Å². The van der Waals surface area contributed by atoms with E-state index in [2.05, 4.69) is 15.9 Å². The Bertz CT molecular complexity index is 425. The molecule has 94 valence electrons. The number of ether oxygens (including phenoxy) is 1. The molecular weight excluding hydrogens is 297 g/mol. The lowest BCUT2D eigenvalue weighted by atomic mass is 10.1. The second-order valence-electron chi connectivity index (χ2n) is 3.31. The van der Waals surface area contributed by atoms with E-state index < -0.39 is 17.7 Å². The van der Waals surface area contributed by atoms with Gasteiger partial charge in [-0.1, -0.05) is 15.9 Å². The van der Waals surface area contributed by atoms with Crippen LogP contribution in [0.25, 0.3) is 0 Å². The van der Waals surface area contributed by atoms with Gasteiger partial charge in [-0.2, -0.15) is 0 Å². The summed E-state index contributed by atoms with van der Waals surface area (Å²) in [6, 6.07) is 2.75. The van der Waals surface area contributed by atoms with Crippen LogP contribution in [-0.2, 0) is 0 Å². The van der Waals surface area contributed by atoms with Crippen molar-refractivity contribution in [2.24, 2.45) is 0 Å². The normalized spacial score (nSPS) is 12.2. The molecule has 17 heavy (non-hydrogen) atoms. The summed E-state index contributed by atoms with van der Waals surface area (Å²) in [5.74, 6) is -0.0918. The summed E-state index contributed by atoms with van der Waals surface area (Å²) < 4.78 is 17.5. The van der Waals surface area contributed by atoms with Crippen LogP contribution >= 0.6 is 15.9 Å². The van der Waals surface area contributed by atoms with Crippen molar-refractivity contribution in [1.82, 2.24) is 0 Å². The van der Waals surface area contributed by atoms with E-state index in [4.69, 9.17) is 4.74 Å². The van der Waals surface area contributed by atoms with Gasteiger partial charge >= 0.3 is 5.69 Å². The maximum absolute atomic E-state index is 12.1. The Morgan fingerprint density at radius 3 is 2.76 bits per heavy atom. The molecule has 7 heteroatoms. The molecule has 1 N–H and O–H groups in total. The molecule has 0 aliphatic carbocycles. The summed E-state index contributed by atoms with van der Waals surface area (Å²) in [5, 5.41) is 20.4. The smallest absolute Gasteiger partial charge is 0.312 e. The third kappa shape index (κ3) is 3.37. The van der Waals surface area contributed by atoms with Crippen LogP contribution in [0.2, 0.25) is 0 Å². The molecule has 5 nitrogen and oxygen atoms in total. The molecule has 0 saturated heterocycles. The maximum Gasteiger partial charge on any atom is 0.312 e. The zero-order valence-electron chi connectivity index (χ0n) is 9.02. The number of benzene rings is 1. The minimum atomic E-state index is -0.944. The van der Waals surface area contributed by atoms with Crippen LogP contribution < -0.4 is 4.74 Å². The number of aliphatic hydroxyl groups is 1. The summed E-state index contributed by atoms with van der Waals surface area (Å²) in [5.41, 5.74) is -0.0525. The zero-order chi connectivity index (χ0) is 13.0. The van der Waals surface area contributed by atoms with Crippen molar-refractivity contribution < 1.29 is 19.2 Å². The zero-order valence-corrected chi connectivity index (χ0v) is 10.6. The topological polar surface area (TPSA) is 72.6 Å². The van der Waals surface area contributed by atoms with Crippen molar-refractivity contribution in [2.45, 2.75) is 13.0 Å². The summed E-state index contributed by atoms with van der Waals surface area (Å²) in [6.07, 6.45) is -0.944. The number of alkyl halides is 1. The van der Waals surface area contributed by atoms with Crippen molar-refractivity contribution in [3.05, 3.63) is 32.3 Å². The number of hydrogen-bond donors (Lipinski definition) is 1. The highest BCUT2D eigenvalue weighted by Crippen LogP contribution is 2.37. The van der Waals surface area contributed by atoms with Crippen LogP contribution in [0, 0.1) is 10.1 Å². The third-order valence-electron chi connectivity index (χ3n) is 2.03. The van der Waals surface area contributed by atoms with Crippen molar-refractivity contribution >= 4 is 21.6 Å². The number of rotatable bonds is 5. The highest BCUT2D eigenvalue weighted by atomic mass is 79.9. The molecule has 0 amide bonds. The molecule has 1 aromatic rings. The Morgan fingerprint density at radius 1 is 1.65 bits per heavy atom. The summed E-state index contributed by atoms with van der Waals surface area (Å²) in [7, 11) is 0. The lowest BCUT2D eigenvalue weighted by Crippen LogP contribution is -2.06. The van der Waals surface area contributed by atoms with E-state index >= 15 is 0 Å². The van der Waals surface area contributed by atoms with Crippen molar-refractivity contribution in [1.29, 1.82) is 0 Å². The SMILES string of the molecule is C[C@H](O)c1cc(Br)cc([N+](=O)[O-])c1OCCF. The minimum Gasteiger partial charge on any atom is -0.484 e. The molecule has 0 spiro atoms. The standard InChI is InChI=1S/C10H11BrFNO4/c1-6(14)8-4-7(11)5-9(13(15)16)10(8)17-3-2-12/h4-6,14H,2-3H2,1H3/t6-/m0/s1. The summed E-state index contributed by atoms with van der Waals surface area (Å²) in [4.78, 5) is 10.2. The molecule has 0 aliphatic rings. The van der Waals surface area contributed by atoms with Gasteiger partial charge in [0, 0.05) is 16.1 Å². The maximum atomic E-state index is 12.1. The number of nitrogens with zero attached hydrogens (tertiary/aromatic N) is 1. The fourth-order valence-electron chi connectivity index (χ4n) is 1.34. The van der Waals surface area contributed by atoms with Crippen LogP contribution in [0.5, 0.6) is 5.75 Å². The lowest BCUT2D eigenvalue weighted by Gasteiger charge is -2.13. The van der Waals surface area contributed by atoms with Crippen LogP contribution in [0.15, 0.2) is 16.6 Å². The molecule has 1 rings (SSSR count). The second kappa shape index (κ2) is 5.92. The van der Waals surface area contributed by atoms with Gasteiger partial charge in [0.25, 0.3) is 0 Å². The third-order valence-corrected chi connectivity index (χ3v) is 2.49. The van der Waals surface area contributed by atoms with Crippen LogP contribution in [-0.4, -0.2) is 23.3 Å². The average molecular weight is 308 g/mol. The second-order valence-corrected chi connectivity index (χ2v) is 4.23. The molecule has 0 aliphatic heterocycles. The Balaban J connectivity index is 3.31. The van der Waals surface area contributed by atoms with E-state index in [0.29, 0.717) is 4.47 Å². The Labute approximate surface area is 105 Å². The van der Waals surface area contributed by atoms with E-state index in [-0.39, 0.29) is 23.6 Å². The Morgan fingerprint density at radius 2 is 2.29 bits per heavy atom. The molecule has 0 unspecified atom stereocenters. The van der Waals surface area contributed by atoms with Crippen LogP contribution in [0.4, 0.5) is 10.1 Å². The van der Waals surface area contributed by atoms with Crippen LogP contribution in [0.3, 0.4) is 0 Å². The van der Waals surface area contributed by atoms with Gasteiger partial charge in [0.2, 0.25) is 5.75 Å². The first-order valence-corrected chi connectivity index (χ1v) is 5.61. The predicted molar refractivity (Wildman–Crippen MR) is 62.9 cm³/mol. The molecule has 0 saturated carbocycles. The molecule has 0 radical (unpaired) electrons. The van der Waals surface area contributed by atoms with Crippen LogP contribution in [0.1, 0.15) is 18.6 Å². The molecule has 1 aromatic carbocycles. The highest BCUT2D eigenvalue weighted by Gasteiger charge is 2.23. The van der Waals surface area contributed by atoms with Gasteiger partial charge in [0.05, 0.1) is 11.0 Å². The van der Waals surface area contributed by atoms with Gasteiger partial charge in [-0.3, -0.25) is 10.1 Å². The van der Waals surface area contributed by atoms with E-state index in [1.54, 1.807) is 0 Å². The fraction of sp³-hybridized carbons (Fsp3) is 0.400. The largest absolute Gasteiger partial charge is 0.484 e. The first-order chi connectivity index (χ1) is 7.97. The molecule has 0 fully saturated rings. The first kappa shape index (κ1) is 13.9. The van der Waals surface area contributed by atoms with E-state index in [1.165, 1.54) is 19.1 Å². The Kier molecular flexibility index (Phi) is 4.83. The van der Waals surface area contributed by atoms with E-state index in [0.717, 1.165) is 0 Å². The monoisotopic (exact) mass is 307 g/mol. The summed E-state index contributed by atoms with van der Waals surface area (Å²) >= 11 is 3.11. The molecule has 0 aromatic heterocycles. The van der Waals surface area contributed by atoms with E-state index in [9.17, 15) is 19.6 Å². The number of halogens is 2.